The van der Waals surface area contributed by atoms with Crippen LogP contribution in [0, 0.1) is 0 Å². The Morgan fingerprint density at radius 3 is 1.87 bits per heavy atom. The van der Waals surface area contributed by atoms with Crippen molar-refractivity contribution in [3.63, 3.8) is 0 Å². The summed E-state index contributed by atoms with van der Waals surface area (Å²) in [4.78, 5) is 17.5. The molecule has 1 aliphatic heterocycles. The topological polar surface area (TPSA) is 42.4 Å². The monoisotopic (exact) mass is 548 g/mol. The molecule has 2 aromatic carbocycles. The van der Waals surface area contributed by atoms with Crippen molar-refractivity contribution in [1.82, 2.24) is 9.88 Å². The summed E-state index contributed by atoms with van der Waals surface area (Å²) in [6.07, 6.45) is -14.8. The lowest BCUT2D eigenvalue weighted by Gasteiger charge is -2.24. The lowest BCUT2D eigenvalue weighted by atomic mass is 9.95. The van der Waals surface area contributed by atoms with Gasteiger partial charge in [0.1, 0.15) is 6.10 Å². The number of alkyl halides is 9. The molecule has 0 spiro atoms. The first-order chi connectivity index (χ1) is 17.6. The molecule has 38 heavy (non-hydrogen) atoms. The largest absolute Gasteiger partial charge is 0.439 e. The zero-order valence-corrected chi connectivity index (χ0v) is 19.2. The van der Waals surface area contributed by atoms with E-state index >= 15 is 0 Å². The van der Waals surface area contributed by atoms with E-state index < -0.39 is 65.6 Å². The van der Waals surface area contributed by atoms with E-state index in [-0.39, 0.29) is 11.6 Å². The van der Waals surface area contributed by atoms with Gasteiger partial charge in [0, 0.05) is 12.4 Å². The number of amides is 1. The summed E-state index contributed by atoms with van der Waals surface area (Å²) in [5.74, 6) is 0. The van der Waals surface area contributed by atoms with Crippen LogP contribution in [-0.4, -0.2) is 22.0 Å². The molecule has 1 aliphatic rings. The van der Waals surface area contributed by atoms with Crippen molar-refractivity contribution >= 4 is 6.09 Å². The first-order valence-corrected chi connectivity index (χ1v) is 10.9. The first-order valence-electron chi connectivity index (χ1n) is 10.9. The van der Waals surface area contributed by atoms with Crippen LogP contribution in [0.3, 0.4) is 0 Å². The molecular weight excluding hydrogens is 531 g/mol. The van der Waals surface area contributed by atoms with Crippen LogP contribution >= 0.6 is 0 Å². The van der Waals surface area contributed by atoms with Crippen molar-refractivity contribution in [3.05, 3.63) is 88.7 Å². The van der Waals surface area contributed by atoms with E-state index in [0.29, 0.717) is 23.3 Å². The van der Waals surface area contributed by atoms with Gasteiger partial charge in [-0.15, -0.1) is 0 Å². The molecule has 0 N–H and O–H groups in total. The van der Waals surface area contributed by atoms with Gasteiger partial charge in [-0.1, -0.05) is 6.07 Å². The van der Waals surface area contributed by atoms with E-state index in [1.807, 2.05) is 0 Å². The number of benzene rings is 2. The van der Waals surface area contributed by atoms with Gasteiger partial charge in [-0.3, -0.25) is 9.88 Å². The second-order valence-electron chi connectivity index (χ2n) is 8.62. The lowest BCUT2D eigenvalue weighted by molar-refractivity contribution is -0.143. The summed E-state index contributed by atoms with van der Waals surface area (Å²) in [7, 11) is 0. The molecule has 4 nitrogen and oxygen atoms in total. The molecule has 1 saturated heterocycles. The number of halogens is 9. The molecular formula is C25H17F9N2O2. The van der Waals surface area contributed by atoms with Gasteiger partial charge >= 0.3 is 24.6 Å². The molecule has 1 fully saturated rings. The number of ether oxygens (including phenoxy) is 1. The number of pyridine rings is 1. The molecule has 0 radical (unpaired) electrons. The summed E-state index contributed by atoms with van der Waals surface area (Å²) >= 11 is 0. The van der Waals surface area contributed by atoms with Crippen LogP contribution in [0.5, 0.6) is 0 Å². The maximum absolute atomic E-state index is 13.4. The predicted molar refractivity (Wildman–Crippen MR) is 115 cm³/mol. The average Bonchev–Trinajstić information content (AvgIpc) is 3.11. The summed E-state index contributed by atoms with van der Waals surface area (Å²) in [6, 6.07) is 5.70. The minimum Gasteiger partial charge on any atom is -0.439 e. The highest BCUT2D eigenvalue weighted by atomic mass is 19.4. The van der Waals surface area contributed by atoms with E-state index in [1.165, 1.54) is 37.5 Å². The Balaban J connectivity index is 1.73. The van der Waals surface area contributed by atoms with Crippen LogP contribution in [0.4, 0.5) is 44.3 Å². The SMILES string of the molecule is C[C@H]1[C@@H](c2cc(C(F)(F)F)cc(C(F)(F)F)c2)OC(=O)N1Cc1cc(C(F)(F)F)ccc1-c1ccncc1. The fourth-order valence-electron chi connectivity index (χ4n) is 4.20. The Labute approximate surface area is 209 Å². The molecule has 3 aromatic rings. The Morgan fingerprint density at radius 1 is 0.789 bits per heavy atom. The van der Waals surface area contributed by atoms with Gasteiger partial charge in [0.15, 0.2) is 0 Å². The second-order valence-corrected chi connectivity index (χ2v) is 8.62. The average molecular weight is 548 g/mol. The lowest BCUT2D eigenvalue weighted by Crippen LogP contribution is -2.32. The minimum atomic E-state index is -5.11. The Morgan fingerprint density at radius 2 is 1.34 bits per heavy atom. The molecule has 0 saturated carbocycles. The maximum atomic E-state index is 13.4. The molecule has 202 valence electrons. The number of carbonyl (C=O) groups is 1. The number of carbonyl (C=O) groups excluding carboxylic acids is 1. The van der Waals surface area contributed by atoms with E-state index in [4.69, 9.17) is 4.74 Å². The number of nitrogens with zero attached hydrogens (tertiary/aromatic N) is 2. The molecule has 2 atom stereocenters. The van der Waals surface area contributed by atoms with E-state index in [2.05, 4.69) is 4.98 Å². The number of hydrogen-bond donors (Lipinski definition) is 0. The zero-order valence-electron chi connectivity index (χ0n) is 19.2. The van der Waals surface area contributed by atoms with Crippen LogP contribution in [0.1, 0.15) is 40.8 Å². The van der Waals surface area contributed by atoms with Gasteiger partial charge in [0.2, 0.25) is 0 Å². The fourth-order valence-corrected chi connectivity index (χ4v) is 4.20. The number of rotatable bonds is 4. The van der Waals surface area contributed by atoms with Gasteiger partial charge < -0.3 is 4.74 Å². The van der Waals surface area contributed by atoms with Crippen LogP contribution in [0.25, 0.3) is 11.1 Å². The van der Waals surface area contributed by atoms with E-state index in [1.54, 1.807) is 0 Å². The van der Waals surface area contributed by atoms with Crippen LogP contribution < -0.4 is 0 Å². The highest BCUT2D eigenvalue weighted by Crippen LogP contribution is 2.42. The normalized spacial score (nSPS) is 18.6. The van der Waals surface area contributed by atoms with Crippen LogP contribution in [0.15, 0.2) is 60.9 Å². The molecule has 0 unspecified atom stereocenters. The van der Waals surface area contributed by atoms with Crippen molar-refractivity contribution in [1.29, 1.82) is 0 Å². The fraction of sp³-hybridized carbons (Fsp3) is 0.280. The Bertz CT molecular complexity index is 1300. The van der Waals surface area contributed by atoms with Gasteiger partial charge in [-0.05, 0) is 71.6 Å². The molecule has 0 bridgehead atoms. The van der Waals surface area contributed by atoms with Crippen molar-refractivity contribution in [2.45, 2.75) is 44.1 Å². The third-order valence-electron chi connectivity index (χ3n) is 6.10. The minimum absolute atomic E-state index is 0.0375. The van der Waals surface area contributed by atoms with Gasteiger partial charge in [-0.2, -0.15) is 39.5 Å². The third-order valence-corrected chi connectivity index (χ3v) is 6.10. The summed E-state index contributed by atoms with van der Waals surface area (Å²) in [5.41, 5.74) is -3.88. The van der Waals surface area contributed by atoms with E-state index in [0.717, 1.165) is 17.0 Å². The number of cyclic esters (lactones) is 1. The predicted octanol–water partition coefficient (Wildman–Crippen LogP) is 7.89. The first kappa shape index (κ1) is 27.3. The zero-order chi connectivity index (χ0) is 28.0. The van der Waals surface area contributed by atoms with Crippen molar-refractivity contribution in [2.24, 2.45) is 0 Å². The molecule has 2 heterocycles. The molecule has 13 heteroatoms. The standard InChI is InChI=1S/C25H17F9N2O2/c1-13-21(15-8-18(24(29,30)31)11-19(9-15)25(32,33)34)38-22(37)36(13)12-16-10-17(23(26,27)28)2-3-20(16)14-4-6-35-7-5-14/h2-11,13,21H,12H2,1H3/t13-,21-/m0/s1. The Hall–Kier alpha value is -3.77. The van der Waals surface area contributed by atoms with Gasteiger partial charge in [0.25, 0.3) is 0 Å². The van der Waals surface area contributed by atoms with Crippen LogP contribution in [-0.2, 0) is 29.8 Å². The Kier molecular flexibility index (Phi) is 6.83. The van der Waals surface area contributed by atoms with Crippen molar-refractivity contribution in [3.8, 4) is 11.1 Å². The van der Waals surface area contributed by atoms with Crippen molar-refractivity contribution < 1.29 is 49.0 Å². The number of hydrogen-bond acceptors (Lipinski definition) is 3. The third kappa shape index (κ3) is 5.55. The highest BCUT2D eigenvalue weighted by Gasteiger charge is 2.43. The molecule has 0 aliphatic carbocycles. The summed E-state index contributed by atoms with van der Waals surface area (Å²) in [5, 5.41) is 0. The molecule has 4 rings (SSSR count). The quantitative estimate of drug-likeness (QED) is 0.312. The van der Waals surface area contributed by atoms with Crippen LogP contribution in [0.2, 0.25) is 0 Å². The molecule has 1 amide bonds. The van der Waals surface area contributed by atoms with Gasteiger partial charge in [0.05, 0.1) is 29.3 Å². The second kappa shape index (κ2) is 9.52. The number of aromatic nitrogens is 1. The highest BCUT2D eigenvalue weighted by molar-refractivity contribution is 5.73. The summed E-state index contributed by atoms with van der Waals surface area (Å²) in [6.45, 7) is 0.867. The van der Waals surface area contributed by atoms with Crippen molar-refractivity contribution in [2.75, 3.05) is 0 Å². The maximum Gasteiger partial charge on any atom is 0.416 e. The summed E-state index contributed by atoms with van der Waals surface area (Å²) < 4.78 is 125. The van der Waals surface area contributed by atoms with Gasteiger partial charge in [-0.25, -0.2) is 4.79 Å². The van der Waals surface area contributed by atoms with E-state index in [9.17, 15) is 44.3 Å². The smallest absolute Gasteiger partial charge is 0.416 e. The molecule has 1 aromatic heterocycles.